The Balaban J connectivity index is 1.67. The van der Waals surface area contributed by atoms with Crippen molar-refractivity contribution in [3.63, 3.8) is 0 Å². The summed E-state index contributed by atoms with van der Waals surface area (Å²) in [4.78, 5) is 4.21. The highest BCUT2D eigenvalue weighted by molar-refractivity contribution is 7.98. The Labute approximate surface area is 149 Å². The molecule has 6 heteroatoms. The van der Waals surface area contributed by atoms with Crippen molar-refractivity contribution >= 4 is 11.8 Å². The van der Waals surface area contributed by atoms with Crippen molar-refractivity contribution in [3.05, 3.63) is 30.3 Å². The summed E-state index contributed by atoms with van der Waals surface area (Å²) in [5, 5.41) is 12.8. The van der Waals surface area contributed by atoms with E-state index in [0.717, 1.165) is 18.5 Å². The molecule has 0 radical (unpaired) electrons. The summed E-state index contributed by atoms with van der Waals surface area (Å²) in [7, 11) is 2.25. The van der Waals surface area contributed by atoms with E-state index < -0.39 is 0 Å². The number of aryl methyl sites for hydroxylation is 1. The molecular weight excluding hydrogens is 318 g/mol. The number of unbranched alkanes of at least 4 members (excludes halogenated alkanes) is 2. The molecule has 0 amide bonds. The van der Waals surface area contributed by atoms with E-state index >= 15 is 0 Å². The summed E-state index contributed by atoms with van der Waals surface area (Å²) in [6, 6.07) is 10.7. The van der Waals surface area contributed by atoms with Crippen LogP contribution >= 0.6 is 11.8 Å². The van der Waals surface area contributed by atoms with Crippen LogP contribution < -0.4 is 0 Å². The summed E-state index contributed by atoms with van der Waals surface area (Å²) in [6.45, 7) is 4.28. The number of rotatable bonds is 11. The minimum Gasteiger partial charge on any atom is -0.303 e. The van der Waals surface area contributed by atoms with Crippen molar-refractivity contribution in [2.45, 2.75) is 45.2 Å². The number of nitrogens with zero attached hydrogens (tertiary/aromatic N) is 5. The topological polar surface area (TPSA) is 46.8 Å². The number of hydrogen-bond acceptors (Lipinski definition) is 5. The van der Waals surface area contributed by atoms with Gasteiger partial charge in [0.25, 0.3) is 0 Å². The largest absolute Gasteiger partial charge is 0.303 e. The molecule has 0 saturated carbocycles. The van der Waals surface area contributed by atoms with Crippen molar-refractivity contribution in [1.82, 2.24) is 25.1 Å². The Morgan fingerprint density at radius 1 is 1.17 bits per heavy atom. The fourth-order valence-corrected chi connectivity index (χ4v) is 3.64. The molecule has 0 aliphatic carbocycles. The number of aromatic nitrogens is 4. The Hall–Kier alpha value is -1.40. The van der Waals surface area contributed by atoms with Crippen LogP contribution in [0.25, 0.3) is 11.4 Å². The van der Waals surface area contributed by atoms with Gasteiger partial charge in [-0.1, -0.05) is 43.7 Å². The molecule has 1 atom stereocenters. The lowest BCUT2D eigenvalue weighted by Crippen LogP contribution is -2.33. The van der Waals surface area contributed by atoms with Gasteiger partial charge in [-0.2, -0.15) is 16.6 Å². The smallest absolute Gasteiger partial charge is 0.204 e. The summed E-state index contributed by atoms with van der Waals surface area (Å²) in [5.41, 5.74) is 1.02. The third-order valence-corrected chi connectivity index (χ3v) is 5.03. The third kappa shape index (κ3) is 5.91. The van der Waals surface area contributed by atoms with E-state index in [1.165, 1.54) is 31.6 Å². The number of tetrazole rings is 1. The number of thioether (sulfide) groups is 1. The Bertz CT molecular complexity index is 572. The van der Waals surface area contributed by atoms with E-state index in [4.69, 9.17) is 0 Å². The maximum atomic E-state index is 4.46. The lowest BCUT2D eigenvalue weighted by molar-refractivity contribution is 0.249. The van der Waals surface area contributed by atoms with E-state index in [1.807, 2.05) is 42.1 Å². The minimum atomic E-state index is 0.699. The molecular formula is C18H29N5S. The Kier molecular flexibility index (Phi) is 8.25. The monoisotopic (exact) mass is 347 g/mol. The predicted octanol–water partition coefficient (Wildman–Crippen LogP) is 3.58. The van der Waals surface area contributed by atoms with E-state index in [-0.39, 0.29) is 0 Å². The molecule has 5 nitrogen and oxygen atoms in total. The predicted molar refractivity (Wildman–Crippen MR) is 102 cm³/mol. The summed E-state index contributed by atoms with van der Waals surface area (Å²) in [5.74, 6) is 1.93. The van der Waals surface area contributed by atoms with Crippen molar-refractivity contribution in [3.8, 4) is 11.4 Å². The standard InChI is InChI=1S/C18H29N5S/c1-4-17(15-24-3)22(2)13-9-6-10-14-23-20-18(19-21-23)16-11-7-5-8-12-16/h5,7-8,11-12,17H,4,6,9-10,13-15H2,1-3H3/t17-/m1/s1. The van der Waals surface area contributed by atoms with Crippen molar-refractivity contribution in [2.24, 2.45) is 0 Å². The number of benzene rings is 1. The molecule has 1 heterocycles. The van der Waals surface area contributed by atoms with Crippen LogP contribution in [0.5, 0.6) is 0 Å². The van der Waals surface area contributed by atoms with E-state index in [9.17, 15) is 0 Å². The van der Waals surface area contributed by atoms with Crippen molar-refractivity contribution in [1.29, 1.82) is 0 Å². The normalized spacial score (nSPS) is 12.7. The van der Waals surface area contributed by atoms with Gasteiger partial charge < -0.3 is 4.90 Å². The quantitative estimate of drug-likeness (QED) is 0.581. The van der Waals surface area contributed by atoms with Crippen molar-refractivity contribution in [2.75, 3.05) is 25.6 Å². The van der Waals surface area contributed by atoms with Gasteiger partial charge in [0.1, 0.15) is 0 Å². The van der Waals surface area contributed by atoms with Gasteiger partial charge in [0.05, 0.1) is 6.54 Å². The van der Waals surface area contributed by atoms with E-state index in [1.54, 1.807) is 4.80 Å². The van der Waals surface area contributed by atoms with Crippen LogP contribution in [0.3, 0.4) is 0 Å². The minimum absolute atomic E-state index is 0.699. The molecule has 0 N–H and O–H groups in total. The summed E-state index contributed by atoms with van der Waals surface area (Å²) < 4.78 is 0. The molecule has 0 fully saturated rings. The van der Waals surface area contributed by atoms with Crippen LogP contribution in [-0.2, 0) is 6.54 Å². The second kappa shape index (κ2) is 10.5. The van der Waals surface area contributed by atoms with Gasteiger partial charge in [0, 0.05) is 17.4 Å². The molecule has 1 aromatic heterocycles. The molecule has 0 unspecified atom stereocenters. The first-order valence-corrected chi connectivity index (χ1v) is 10.2. The average molecular weight is 348 g/mol. The fraction of sp³-hybridized carbons (Fsp3) is 0.611. The van der Waals surface area contributed by atoms with Gasteiger partial charge in [-0.15, -0.1) is 10.2 Å². The lowest BCUT2D eigenvalue weighted by Gasteiger charge is -2.26. The van der Waals surface area contributed by atoms with Gasteiger partial charge >= 0.3 is 0 Å². The maximum absolute atomic E-state index is 4.46. The SMILES string of the molecule is CC[C@H](CSC)N(C)CCCCCn1nnc(-c2ccccc2)n1. The molecule has 24 heavy (non-hydrogen) atoms. The van der Waals surface area contributed by atoms with Crippen LogP contribution in [0.1, 0.15) is 32.6 Å². The van der Waals surface area contributed by atoms with Crippen LogP contribution in [0, 0.1) is 0 Å². The average Bonchev–Trinajstić information content (AvgIpc) is 3.09. The highest BCUT2D eigenvalue weighted by atomic mass is 32.2. The highest BCUT2D eigenvalue weighted by Gasteiger charge is 2.11. The first kappa shape index (κ1) is 18.9. The second-order valence-electron chi connectivity index (χ2n) is 6.13. The maximum Gasteiger partial charge on any atom is 0.204 e. The van der Waals surface area contributed by atoms with Crippen LogP contribution in [-0.4, -0.2) is 56.8 Å². The van der Waals surface area contributed by atoms with Gasteiger partial charge in [-0.25, -0.2) is 0 Å². The lowest BCUT2D eigenvalue weighted by atomic mass is 10.2. The van der Waals surface area contributed by atoms with Crippen LogP contribution in [0.4, 0.5) is 0 Å². The van der Waals surface area contributed by atoms with E-state index in [0.29, 0.717) is 11.9 Å². The summed E-state index contributed by atoms with van der Waals surface area (Å²) >= 11 is 1.94. The molecule has 1 aromatic carbocycles. The molecule has 0 aliphatic rings. The molecule has 2 rings (SSSR count). The fourth-order valence-electron chi connectivity index (χ4n) is 2.76. The first-order chi connectivity index (χ1) is 11.7. The zero-order chi connectivity index (χ0) is 17.2. The zero-order valence-corrected chi connectivity index (χ0v) is 15.9. The Morgan fingerprint density at radius 2 is 1.96 bits per heavy atom. The molecule has 0 aliphatic heterocycles. The molecule has 0 spiro atoms. The van der Waals surface area contributed by atoms with Gasteiger partial charge in [0.15, 0.2) is 0 Å². The van der Waals surface area contributed by atoms with Gasteiger partial charge in [0.2, 0.25) is 5.82 Å². The molecule has 132 valence electrons. The molecule has 2 aromatic rings. The number of hydrogen-bond donors (Lipinski definition) is 0. The van der Waals surface area contributed by atoms with E-state index in [2.05, 4.69) is 40.5 Å². The molecule has 0 bridgehead atoms. The second-order valence-corrected chi connectivity index (χ2v) is 7.04. The highest BCUT2D eigenvalue weighted by Crippen LogP contribution is 2.12. The Morgan fingerprint density at radius 3 is 2.67 bits per heavy atom. The van der Waals surface area contributed by atoms with Crippen LogP contribution in [0.2, 0.25) is 0 Å². The third-order valence-electron chi connectivity index (χ3n) is 4.31. The first-order valence-electron chi connectivity index (χ1n) is 8.77. The molecule has 0 saturated heterocycles. The van der Waals surface area contributed by atoms with Gasteiger partial charge in [-0.3, -0.25) is 0 Å². The van der Waals surface area contributed by atoms with Crippen LogP contribution in [0.15, 0.2) is 30.3 Å². The van der Waals surface area contributed by atoms with Crippen molar-refractivity contribution < 1.29 is 0 Å². The van der Waals surface area contributed by atoms with Gasteiger partial charge in [-0.05, 0) is 44.3 Å². The zero-order valence-electron chi connectivity index (χ0n) is 15.1. The summed E-state index contributed by atoms with van der Waals surface area (Å²) in [6.07, 6.45) is 6.93.